The van der Waals surface area contributed by atoms with Crippen LogP contribution in [0.1, 0.15) is 37.8 Å². The molecule has 0 aromatic carbocycles. The van der Waals surface area contributed by atoms with Crippen molar-refractivity contribution in [3.8, 4) is 0 Å². The van der Waals surface area contributed by atoms with Gasteiger partial charge in [0.2, 0.25) is 5.78 Å². The van der Waals surface area contributed by atoms with Crippen LogP contribution in [0.25, 0.3) is 0 Å². The van der Waals surface area contributed by atoms with Crippen LogP contribution in [0.5, 0.6) is 0 Å². The molecule has 0 aliphatic carbocycles. The van der Waals surface area contributed by atoms with Gasteiger partial charge >= 0.3 is 0 Å². The first kappa shape index (κ1) is 9.89. The maximum absolute atomic E-state index is 11.9. The Balaban J connectivity index is 2.98. The van der Waals surface area contributed by atoms with Gasteiger partial charge in [-0.15, -0.1) is 0 Å². The molecule has 0 atom stereocenters. The van der Waals surface area contributed by atoms with E-state index in [1.165, 1.54) is 11.0 Å². The molecule has 1 heterocycles. The van der Waals surface area contributed by atoms with Gasteiger partial charge in [-0.1, -0.05) is 20.8 Å². The largest absolute Gasteiger partial charge is 0.290 e. The van der Waals surface area contributed by atoms with Crippen LogP contribution in [0.4, 0.5) is 0 Å². The smallest absolute Gasteiger partial charge is 0.205 e. The first-order valence-corrected chi connectivity index (χ1v) is 4.38. The minimum atomic E-state index is -0.346. The Morgan fingerprint density at radius 1 is 1.62 bits per heavy atom. The van der Waals surface area contributed by atoms with Gasteiger partial charge in [-0.3, -0.25) is 4.79 Å². The van der Waals surface area contributed by atoms with E-state index in [2.05, 4.69) is 10.1 Å². The summed E-state index contributed by atoms with van der Waals surface area (Å²) in [4.78, 5) is 15.8. The van der Waals surface area contributed by atoms with E-state index >= 15 is 0 Å². The zero-order chi connectivity index (χ0) is 10.1. The van der Waals surface area contributed by atoms with Crippen molar-refractivity contribution in [2.45, 2.75) is 27.2 Å². The summed E-state index contributed by atoms with van der Waals surface area (Å²) in [6, 6.07) is 0. The maximum atomic E-state index is 11.9. The van der Waals surface area contributed by atoms with E-state index in [4.69, 9.17) is 0 Å². The standard InChI is InChI=1S/C9H15N3O/c1-5-9(2,3)7(13)8-10-6-11-12(8)4/h6H,5H2,1-4H3. The molecule has 4 heteroatoms. The van der Waals surface area contributed by atoms with Crippen molar-refractivity contribution in [2.75, 3.05) is 0 Å². The van der Waals surface area contributed by atoms with Crippen molar-refractivity contribution in [1.82, 2.24) is 14.8 Å². The van der Waals surface area contributed by atoms with Crippen LogP contribution in [0, 0.1) is 5.41 Å². The Morgan fingerprint density at radius 3 is 2.62 bits per heavy atom. The third kappa shape index (κ3) is 1.76. The predicted octanol–water partition coefficient (Wildman–Crippen LogP) is 1.43. The number of ketones is 1. The third-order valence-electron chi connectivity index (χ3n) is 2.41. The summed E-state index contributed by atoms with van der Waals surface area (Å²) in [5.74, 6) is 0.488. The average Bonchev–Trinajstić information content (AvgIpc) is 2.50. The Labute approximate surface area is 78.0 Å². The summed E-state index contributed by atoms with van der Waals surface area (Å²) in [5.41, 5.74) is -0.346. The number of carbonyl (C=O) groups excluding carboxylic acids is 1. The van der Waals surface area contributed by atoms with Crippen molar-refractivity contribution < 1.29 is 4.79 Å². The first-order chi connectivity index (χ1) is 5.99. The van der Waals surface area contributed by atoms with Crippen molar-refractivity contribution in [2.24, 2.45) is 12.5 Å². The van der Waals surface area contributed by atoms with Crippen LogP contribution in [0.15, 0.2) is 6.33 Å². The fraction of sp³-hybridized carbons (Fsp3) is 0.667. The molecule has 0 aliphatic heterocycles. The molecule has 0 aliphatic rings. The number of carbonyl (C=O) groups is 1. The van der Waals surface area contributed by atoms with Gasteiger partial charge < -0.3 is 0 Å². The summed E-state index contributed by atoms with van der Waals surface area (Å²) in [5, 5.41) is 3.87. The second-order valence-corrected chi connectivity index (χ2v) is 3.77. The molecular weight excluding hydrogens is 166 g/mol. The Morgan fingerprint density at radius 2 is 2.23 bits per heavy atom. The SMILES string of the molecule is CCC(C)(C)C(=O)c1ncnn1C. The van der Waals surface area contributed by atoms with Gasteiger partial charge in [0.15, 0.2) is 5.82 Å². The maximum Gasteiger partial charge on any atom is 0.205 e. The topological polar surface area (TPSA) is 47.8 Å². The predicted molar refractivity (Wildman–Crippen MR) is 49.4 cm³/mol. The van der Waals surface area contributed by atoms with Crippen LogP contribution in [-0.2, 0) is 7.05 Å². The molecule has 4 nitrogen and oxygen atoms in total. The molecule has 0 bridgehead atoms. The first-order valence-electron chi connectivity index (χ1n) is 4.38. The molecule has 13 heavy (non-hydrogen) atoms. The fourth-order valence-corrected chi connectivity index (χ4v) is 0.965. The summed E-state index contributed by atoms with van der Waals surface area (Å²) >= 11 is 0. The van der Waals surface area contributed by atoms with Crippen molar-refractivity contribution >= 4 is 5.78 Å². The molecule has 1 aromatic heterocycles. The Bertz CT molecular complexity index is 314. The molecule has 0 saturated heterocycles. The highest BCUT2D eigenvalue weighted by Gasteiger charge is 2.29. The average molecular weight is 181 g/mol. The van der Waals surface area contributed by atoms with Gasteiger partial charge in [-0.2, -0.15) is 5.10 Å². The van der Waals surface area contributed by atoms with Gasteiger partial charge in [0.1, 0.15) is 6.33 Å². The van der Waals surface area contributed by atoms with Crippen LogP contribution >= 0.6 is 0 Å². The Kier molecular flexibility index (Phi) is 2.50. The lowest BCUT2D eigenvalue weighted by molar-refractivity contribution is 0.0817. The second kappa shape index (κ2) is 3.28. The normalized spacial score (nSPS) is 11.7. The number of hydrogen-bond acceptors (Lipinski definition) is 3. The molecule has 0 spiro atoms. The number of nitrogens with zero attached hydrogens (tertiary/aromatic N) is 3. The van der Waals surface area contributed by atoms with E-state index < -0.39 is 0 Å². The molecule has 72 valence electrons. The van der Waals surface area contributed by atoms with Gasteiger partial charge in [0, 0.05) is 12.5 Å². The lowest BCUT2D eigenvalue weighted by atomic mass is 9.85. The van der Waals surface area contributed by atoms with Gasteiger partial charge in [-0.05, 0) is 6.42 Å². The zero-order valence-corrected chi connectivity index (χ0v) is 8.53. The fourth-order valence-electron chi connectivity index (χ4n) is 0.965. The van der Waals surface area contributed by atoms with Crippen LogP contribution in [0.3, 0.4) is 0 Å². The highest BCUT2D eigenvalue weighted by molar-refractivity contribution is 5.96. The minimum absolute atomic E-state index is 0.0509. The van der Waals surface area contributed by atoms with E-state index in [0.29, 0.717) is 5.82 Å². The molecule has 0 saturated carbocycles. The molecule has 0 N–H and O–H groups in total. The summed E-state index contributed by atoms with van der Waals surface area (Å²) < 4.78 is 1.51. The van der Waals surface area contributed by atoms with Crippen molar-refractivity contribution in [3.05, 3.63) is 12.2 Å². The van der Waals surface area contributed by atoms with Gasteiger partial charge in [0.05, 0.1) is 0 Å². The molecule has 1 rings (SSSR count). The minimum Gasteiger partial charge on any atom is -0.290 e. The quantitative estimate of drug-likeness (QED) is 0.663. The van der Waals surface area contributed by atoms with Gasteiger partial charge in [-0.25, -0.2) is 9.67 Å². The van der Waals surface area contributed by atoms with Crippen LogP contribution in [0.2, 0.25) is 0 Å². The van der Waals surface area contributed by atoms with Crippen molar-refractivity contribution in [3.63, 3.8) is 0 Å². The van der Waals surface area contributed by atoms with E-state index in [1.54, 1.807) is 7.05 Å². The summed E-state index contributed by atoms with van der Waals surface area (Å²) in [7, 11) is 1.73. The molecule has 0 amide bonds. The number of aryl methyl sites for hydroxylation is 1. The zero-order valence-electron chi connectivity index (χ0n) is 8.53. The highest BCUT2D eigenvalue weighted by Crippen LogP contribution is 2.23. The van der Waals surface area contributed by atoms with Crippen LogP contribution < -0.4 is 0 Å². The molecule has 0 fully saturated rings. The molecule has 0 unspecified atom stereocenters. The van der Waals surface area contributed by atoms with E-state index in [1.807, 2.05) is 20.8 Å². The number of hydrogen-bond donors (Lipinski definition) is 0. The molecular formula is C9H15N3O. The monoisotopic (exact) mass is 181 g/mol. The van der Waals surface area contributed by atoms with E-state index in [9.17, 15) is 4.79 Å². The van der Waals surface area contributed by atoms with E-state index in [0.717, 1.165) is 6.42 Å². The lowest BCUT2D eigenvalue weighted by Gasteiger charge is -2.19. The molecule has 0 radical (unpaired) electrons. The van der Waals surface area contributed by atoms with Gasteiger partial charge in [0.25, 0.3) is 0 Å². The van der Waals surface area contributed by atoms with Crippen molar-refractivity contribution in [1.29, 1.82) is 0 Å². The summed E-state index contributed by atoms with van der Waals surface area (Å²) in [6.07, 6.45) is 2.21. The highest BCUT2D eigenvalue weighted by atomic mass is 16.1. The number of rotatable bonds is 3. The molecule has 1 aromatic rings. The second-order valence-electron chi connectivity index (χ2n) is 3.77. The number of aromatic nitrogens is 3. The summed E-state index contributed by atoms with van der Waals surface area (Å²) in [6.45, 7) is 5.84. The third-order valence-corrected chi connectivity index (χ3v) is 2.41. The lowest BCUT2D eigenvalue weighted by Crippen LogP contribution is -2.26. The Hall–Kier alpha value is -1.19. The number of Topliss-reactive ketones (excluding diaryl/α,β-unsaturated/α-hetero) is 1. The van der Waals surface area contributed by atoms with E-state index in [-0.39, 0.29) is 11.2 Å². The van der Waals surface area contributed by atoms with Crippen LogP contribution in [-0.4, -0.2) is 20.5 Å².